The molecule has 0 saturated carbocycles. The van der Waals surface area contributed by atoms with E-state index in [4.69, 9.17) is 11.6 Å². The Morgan fingerprint density at radius 1 is 0.733 bits per heavy atom. The summed E-state index contributed by atoms with van der Waals surface area (Å²) in [6.45, 7) is 0. The van der Waals surface area contributed by atoms with Crippen LogP contribution in [0.25, 0.3) is 0 Å². The van der Waals surface area contributed by atoms with Crippen LogP contribution in [-0.4, -0.2) is 0 Å². The van der Waals surface area contributed by atoms with Crippen LogP contribution in [0.4, 0.5) is 11.4 Å². The maximum Gasteiger partial charge on any atom is 0.0726 e. The SMILES string of the molecule is Clc1ccccc1NNc1ccccc1. The molecule has 0 unspecified atom stereocenters. The van der Waals surface area contributed by atoms with Crippen LogP contribution in [0.3, 0.4) is 0 Å². The molecule has 2 nitrogen and oxygen atoms in total. The maximum absolute atomic E-state index is 5.99. The monoisotopic (exact) mass is 218 g/mol. The highest BCUT2D eigenvalue weighted by Crippen LogP contribution is 2.20. The molecule has 2 rings (SSSR count). The maximum atomic E-state index is 5.99. The summed E-state index contributed by atoms with van der Waals surface area (Å²) < 4.78 is 0. The van der Waals surface area contributed by atoms with Gasteiger partial charge >= 0.3 is 0 Å². The highest BCUT2D eigenvalue weighted by Gasteiger charge is 1.96. The predicted molar refractivity (Wildman–Crippen MR) is 65.1 cm³/mol. The summed E-state index contributed by atoms with van der Waals surface area (Å²) >= 11 is 5.99. The van der Waals surface area contributed by atoms with E-state index in [0.29, 0.717) is 5.02 Å². The van der Waals surface area contributed by atoms with Crippen molar-refractivity contribution in [1.29, 1.82) is 0 Å². The van der Waals surface area contributed by atoms with E-state index in [2.05, 4.69) is 10.9 Å². The fourth-order valence-electron chi connectivity index (χ4n) is 1.22. The molecule has 0 aliphatic carbocycles. The van der Waals surface area contributed by atoms with Crippen molar-refractivity contribution in [3.63, 3.8) is 0 Å². The third-order valence-electron chi connectivity index (χ3n) is 1.99. The Morgan fingerprint density at radius 2 is 1.40 bits per heavy atom. The number of para-hydroxylation sites is 2. The molecule has 0 aromatic heterocycles. The van der Waals surface area contributed by atoms with E-state index in [-0.39, 0.29) is 0 Å². The van der Waals surface area contributed by atoms with Crippen LogP contribution < -0.4 is 10.9 Å². The molecule has 0 radical (unpaired) electrons. The largest absolute Gasteiger partial charge is 0.301 e. The molecule has 0 bridgehead atoms. The topological polar surface area (TPSA) is 24.1 Å². The van der Waals surface area contributed by atoms with E-state index in [1.165, 1.54) is 0 Å². The molecule has 0 atom stereocenters. The first-order valence-electron chi connectivity index (χ1n) is 4.68. The minimum atomic E-state index is 0.695. The van der Waals surface area contributed by atoms with Gasteiger partial charge in [0, 0.05) is 0 Å². The lowest BCUT2D eigenvalue weighted by Crippen LogP contribution is -2.08. The normalized spacial score (nSPS) is 9.67. The zero-order chi connectivity index (χ0) is 10.5. The van der Waals surface area contributed by atoms with Crippen molar-refractivity contribution >= 4 is 23.0 Å². The molecule has 76 valence electrons. The highest BCUT2D eigenvalue weighted by atomic mass is 35.5. The summed E-state index contributed by atoms with van der Waals surface area (Å²) in [6.07, 6.45) is 0. The molecule has 0 fully saturated rings. The number of hydrazine groups is 1. The van der Waals surface area contributed by atoms with Gasteiger partial charge in [0.05, 0.1) is 16.4 Å². The van der Waals surface area contributed by atoms with Gasteiger partial charge in [0.25, 0.3) is 0 Å². The summed E-state index contributed by atoms with van der Waals surface area (Å²) in [5.74, 6) is 0. The van der Waals surface area contributed by atoms with Crippen molar-refractivity contribution in [2.75, 3.05) is 10.9 Å². The van der Waals surface area contributed by atoms with Crippen molar-refractivity contribution in [2.45, 2.75) is 0 Å². The van der Waals surface area contributed by atoms with Crippen LogP contribution in [0, 0.1) is 0 Å². The number of hydrogen-bond donors (Lipinski definition) is 2. The van der Waals surface area contributed by atoms with Gasteiger partial charge < -0.3 is 5.43 Å². The molecule has 0 aliphatic rings. The molecule has 2 aromatic carbocycles. The van der Waals surface area contributed by atoms with Crippen LogP contribution in [-0.2, 0) is 0 Å². The summed E-state index contributed by atoms with van der Waals surface area (Å²) in [5, 5.41) is 0.695. The highest BCUT2D eigenvalue weighted by molar-refractivity contribution is 6.33. The second-order valence-electron chi connectivity index (χ2n) is 3.10. The van der Waals surface area contributed by atoms with E-state index in [9.17, 15) is 0 Å². The molecule has 3 heteroatoms. The molecule has 0 heterocycles. The molecule has 0 saturated heterocycles. The summed E-state index contributed by atoms with van der Waals surface area (Å²) in [4.78, 5) is 0. The molecule has 15 heavy (non-hydrogen) atoms. The number of rotatable bonds is 3. The van der Waals surface area contributed by atoms with E-state index in [0.717, 1.165) is 11.4 Å². The molecule has 0 aliphatic heterocycles. The van der Waals surface area contributed by atoms with Gasteiger partial charge in [-0.05, 0) is 24.3 Å². The Bertz CT molecular complexity index is 429. The van der Waals surface area contributed by atoms with Crippen molar-refractivity contribution in [1.82, 2.24) is 0 Å². The van der Waals surface area contributed by atoms with Crippen molar-refractivity contribution in [3.05, 3.63) is 59.6 Å². The number of hydrogen-bond acceptors (Lipinski definition) is 2. The summed E-state index contributed by atoms with van der Waals surface area (Å²) in [6, 6.07) is 17.5. The third-order valence-corrected chi connectivity index (χ3v) is 2.32. The molecule has 2 aromatic rings. The van der Waals surface area contributed by atoms with E-state index >= 15 is 0 Å². The van der Waals surface area contributed by atoms with Gasteiger partial charge in [-0.1, -0.05) is 41.9 Å². The zero-order valence-electron chi connectivity index (χ0n) is 8.07. The van der Waals surface area contributed by atoms with Gasteiger partial charge in [-0.25, -0.2) is 0 Å². The molecular weight excluding hydrogens is 208 g/mol. The van der Waals surface area contributed by atoms with Crippen molar-refractivity contribution < 1.29 is 0 Å². The third kappa shape index (κ3) is 2.64. The molecule has 2 N–H and O–H groups in total. The molecule has 0 amide bonds. The average molecular weight is 219 g/mol. The Morgan fingerprint density at radius 3 is 2.13 bits per heavy atom. The first kappa shape index (κ1) is 9.87. The van der Waals surface area contributed by atoms with Crippen LogP contribution in [0.1, 0.15) is 0 Å². The van der Waals surface area contributed by atoms with Crippen LogP contribution >= 0.6 is 11.6 Å². The molecule has 0 spiro atoms. The fraction of sp³-hybridized carbons (Fsp3) is 0. The van der Waals surface area contributed by atoms with Crippen LogP contribution in [0.2, 0.25) is 5.02 Å². The number of nitrogens with one attached hydrogen (secondary N) is 2. The van der Waals surface area contributed by atoms with E-state index in [1.807, 2.05) is 54.6 Å². The Labute approximate surface area is 93.9 Å². The Kier molecular flexibility index (Phi) is 3.10. The van der Waals surface area contributed by atoms with Crippen LogP contribution in [0.5, 0.6) is 0 Å². The lowest BCUT2D eigenvalue weighted by Gasteiger charge is -2.10. The average Bonchev–Trinajstić information content (AvgIpc) is 2.29. The number of halogens is 1. The lowest BCUT2D eigenvalue weighted by molar-refractivity contribution is 1.41. The standard InChI is InChI=1S/C12H11ClN2/c13-11-8-4-5-9-12(11)15-14-10-6-2-1-3-7-10/h1-9,14-15H. The first-order chi connectivity index (χ1) is 7.36. The minimum Gasteiger partial charge on any atom is -0.301 e. The number of anilines is 2. The van der Waals surface area contributed by atoms with Crippen molar-refractivity contribution in [3.8, 4) is 0 Å². The molecular formula is C12H11ClN2. The smallest absolute Gasteiger partial charge is 0.0726 e. The minimum absolute atomic E-state index is 0.695. The summed E-state index contributed by atoms with van der Waals surface area (Å²) in [5.41, 5.74) is 7.98. The van der Waals surface area contributed by atoms with Crippen molar-refractivity contribution in [2.24, 2.45) is 0 Å². The van der Waals surface area contributed by atoms with Gasteiger partial charge in [0.15, 0.2) is 0 Å². The first-order valence-corrected chi connectivity index (χ1v) is 5.05. The Balaban J connectivity index is 2.03. The predicted octanol–water partition coefficient (Wildman–Crippen LogP) is 3.78. The quantitative estimate of drug-likeness (QED) is 0.767. The number of benzene rings is 2. The second-order valence-corrected chi connectivity index (χ2v) is 3.50. The van der Waals surface area contributed by atoms with Gasteiger partial charge in [-0.2, -0.15) is 0 Å². The summed E-state index contributed by atoms with van der Waals surface area (Å²) in [7, 11) is 0. The van der Waals surface area contributed by atoms with Gasteiger partial charge in [-0.15, -0.1) is 0 Å². The van der Waals surface area contributed by atoms with E-state index in [1.54, 1.807) is 0 Å². The van der Waals surface area contributed by atoms with Gasteiger partial charge in [0.1, 0.15) is 0 Å². The lowest BCUT2D eigenvalue weighted by atomic mass is 10.3. The zero-order valence-corrected chi connectivity index (χ0v) is 8.83. The Hall–Kier alpha value is -1.67. The van der Waals surface area contributed by atoms with Crippen LogP contribution in [0.15, 0.2) is 54.6 Å². The van der Waals surface area contributed by atoms with E-state index < -0.39 is 0 Å². The fourth-order valence-corrected chi connectivity index (χ4v) is 1.41. The van der Waals surface area contributed by atoms with Gasteiger partial charge in [0.2, 0.25) is 0 Å². The van der Waals surface area contributed by atoms with Gasteiger partial charge in [-0.3, -0.25) is 5.43 Å². The second kappa shape index (κ2) is 4.71.